The topological polar surface area (TPSA) is 29.1 Å². The smallest absolute Gasteiger partial charge is 0.256 e. The molecule has 0 aliphatic heterocycles. The molecule has 0 fully saturated rings. The van der Waals surface area contributed by atoms with Gasteiger partial charge >= 0.3 is 0 Å². The van der Waals surface area contributed by atoms with Crippen LogP contribution < -0.4 is 5.32 Å². The Morgan fingerprint density at radius 2 is 1.65 bits per heavy atom. The summed E-state index contributed by atoms with van der Waals surface area (Å²) in [4.78, 5) is 12.6. The van der Waals surface area contributed by atoms with E-state index in [-0.39, 0.29) is 5.91 Å². The summed E-state index contributed by atoms with van der Waals surface area (Å²) in [5.41, 5.74) is 2.83. The van der Waals surface area contributed by atoms with Gasteiger partial charge < -0.3 is 5.32 Å². The molecule has 0 bridgehead atoms. The van der Waals surface area contributed by atoms with E-state index in [2.05, 4.69) is 31.3 Å². The Morgan fingerprint density at radius 3 is 2.39 bits per heavy atom. The normalized spacial score (nSPS) is 12.1. The van der Waals surface area contributed by atoms with Gasteiger partial charge in [0.25, 0.3) is 5.91 Å². The molecule has 0 spiro atoms. The van der Waals surface area contributed by atoms with Gasteiger partial charge in [0, 0.05) is 11.3 Å². The molecule has 0 radical (unpaired) electrons. The van der Waals surface area contributed by atoms with Crippen molar-refractivity contribution < 1.29 is 4.79 Å². The lowest BCUT2D eigenvalue weighted by molar-refractivity contribution is 0.102. The number of anilines is 1. The maximum atomic E-state index is 12.6. The predicted molar refractivity (Wildman–Crippen MR) is 97.0 cm³/mol. The van der Waals surface area contributed by atoms with E-state index in [9.17, 15) is 4.79 Å². The van der Waals surface area contributed by atoms with Gasteiger partial charge in [-0.1, -0.05) is 62.4 Å². The molecule has 0 unspecified atom stereocenters. The number of fused-ring (bicyclic) bond motifs is 1. The SMILES string of the molecule is CC[C@H](C)c1ccc(NC(=O)c2cccc3ccccc23)cc1. The predicted octanol–water partition coefficient (Wildman–Crippen LogP) is 5.61. The molecule has 2 heteroatoms. The molecule has 1 amide bonds. The first kappa shape index (κ1) is 15.3. The van der Waals surface area contributed by atoms with Gasteiger partial charge in [0.05, 0.1) is 0 Å². The van der Waals surface area contributed by atoms with E-state index in [4.69, 9.17) is 0 Å². The number of benzene rings is 3. The van der Waals surface area contributed by atoms with Gasteiger partial charge in [-0.2, -0.15) is 0 Å². The molecule has 3 aromatic carbocycles. The van der Waals surface area contributed by atoms with Crippen molar-refractivity contribution in [3.8, 4) is 0 Å². The van der Waals surface area contributed by atoms with Gasteiger partial charge in [-0.15, -0.1) is 0 Å². The Balaban J connectivity index is 1.83. The van der Waals surface area contributed by atoms with Crippen LogP contribution in [0.15, 0.2) is 66.7 Å². The minimum absolute atomic E-state index is 0.0712. The van der Waals surface area contributed by atoms with Gasteiger partial charge in [0.15, 0.2) is 0 Å². The minimum atomic E-state index is -0.0712. The van der Waals surface area contributed by atoms with Crippen LogP contribution in [0.4, 0.5) is 5.69 Å². The van der Waals surface area contributed by atoms with E-state index in [1.165, 1.54) is 5.56 Å². The molecule has 116 valence electrons. The van der Waals surface area contributed by atoms with Crippen LogP contribution in [0.3, 0.4) is 0 Å². The first-order valence-corrected chi connectivity index (χ1v) is 8.08. The summed E-state index contributed by atoms with van der Waals surface area (Å²) in [5, 5.41) is 5.05. The summed E-state index contributed by atoms with van der Waals surface area (Å²) < 4.78 is 0. The van der Waals surface area contributed by atoms with Crippen molar-refractivity contribution in [3.63, 3.8) is 0 Å². The van der Waals surface area contributed by atoms with Crippen LogP contribution in [0.5, 0.6) is 0 Å². The fraction of sp³-hybridized carbons (Fsp3) is 0.190. The summed E-state index contributed by atoms with van der Waals surface area (Å²) in [6.45, 7) is 4.39. The molecule has 0 aliphatic rings. The highest BCUT2D eigenvalue weighted by atomic mass is 16.1. The fourth-order valence-corrected chi connectivity index (χ4v) is 2.75. The van der Waals surface area contributed by atoms with Crippen LogP contribution >= 0.6 is 0 Å². The molecule has 1 atom stereocenters. The molecule has 2 nitrogen and oxygen atoms in total. The Labute approximate surface area is 137 Å². The van der Waals surface area contributed by atoms with Crippen molar-refractivity contribution in [1.82, 2.24) is 0 Å². The van der Waals surface area contributed by atoms with Crippen molar-refractivity contribution >= 4 is 22.4 Å². The van der Waals surface area contributed by atoms with Crippen molar-refractivity contribution in [2.75, 3.05) is 5.32 Å². The van der Waals surface area contributed by atoms with Crippen LogP contribution in [-0.2, 0) is 0 Å². The summed E-state index contributed by atoms with van der Waals surface area (Å²) >= 11 is 0. The van der Waals surface area contributed by atoms with Crippen molar-refractivity contribution in [3.05, 3.63) is 77.9 Å². The van der Waals surface area contributed by atoms with Crippen LogP contribution in [-0.4, -0.2) is 5.91 Å². The Bertz CT molecular complexity index is 815. The fourth-order valence-electron chi connectivity index (χ4n) is 2.75. The number of carbonyl (C=O) groups is 1. The second-order valence-corrected chi connectivity index (χ2v) is 5.91. The molecule has 1 N–H and O–H groups in total. The van der Waals surface area contributed by atoms with Crippen LogP contribution in [0.1, 0.15) is 42.1 Å². The van der Waals surface area contributed by atoms with Gasteiger partial charge in [-0.05, 0) is 46.9 Å². The van der Waals surface area contributed by atoms with Gasteiger partial charge in [-0.25, -0.2) is 0 Å². The molecule has 3 rings (SSSR count). The van der Waals surface area contributed by atoms with Crippen LogP contribution in [0, 0.1) is 0 Å². The number of hydrogen-bond donors (Lipinski definition) is 1. The van der Waals surface area contributed by atoms with Crippen LogP contribution in [0.25, 0.3) is 10.8 Å². The molecule has 3 aromatic rings. The quantitative estimate of drug-likeness (QED) is 0.667. The number of hydrogen-bond acceptors (Lipinski definition) is 1. The zero-order valence-corrected chi connectivity index (χ0v) is 13.5. The number of carbonyl (C=O) groups excluding carboxylic acids is 1. The zero-order valence-electron chi connectivity index (χ0n) is 13.5. The van der Waals surface area contributed by atoms with E-state index < -0.39 is 0 Å². The Kier molecular flexibility index (Phi) is 4.42. The van der Waals surface area contributed by atoms with Gasteiger partial charge in [-0.3, -0.25) is 4.79 Å². The lowest BCUT2D eigenvalue weighted by Gasteiger charge is -2.11. The first-order chi connectivity index (χ1) is 11.2. The average molecular weight is 303 g/mol. The monoisotopic (exact) mass is 303 g/mol. The van der Waals surface area contributed by atoms with E-state index >= 15 is 0 Å². The molecular weight excluding hydrogens is 282 g/mol. The van der Waals surface area contributed by atoms with Gasteiger partial charge in [0.1, 0.15) is 0 Å². The average Bonchev–Trinajstić information content (AvgIpc) is 2.61. The van der Waals surface area contributed by atoms with E-state index in [0.717, 1.165) is 22.9 Å². The first-order valence-electron chi connectivity index (χ1n) is 8.08. The van der Waals surface area contributed by atoms with Crippen molar-refractivity contribution in [2.45, 2.75) is 26.2 Å². The molecule has 23 heavy (non-hydrogen) atoms. The largest absolute Gasteiger partial charge is 0.322 e. The minimum Gasteiger partial charge on any atom is -0.322 e. The molecule has 0 heterocycles. The second kappa shape index (κ2) is 6.66. The van der Waals surface area contributed by atoms with E-state index in [1.807, 2.05) is 54.6 Å². The highest BCUT2D eigenvalue weighted by molar-refractivity contribution is 6.12. The van der Waals surface area contributed by atoms with Crippen molar-refractivity contribution in [1.29, 1.82) is 0 Å². The zero-order chi connectivity index (χ0) is 16.2. The lowest BCUT2D eigenvalue weighted by atomic mass is 9.98. The van der Waals surface area contributed by atoms with E-state index in [1.54, 1.807) is 0 Å². The third-order valence-corrected chi connectivity index (χ3v) is 4.38. The molecule has 0 aliphatic carbocycles. The summed E-state index contributed by atoms with van der Waals surface area (Å²) in [6, 6.07) is 21.9. The molecular formula is C21H21NO. The summed E-state index contributed by atoms with van der Waals surface area (Å²) in [6.07, 6.45) is 1.11. The van der Waals surface area contributed by atoms with Gasteiger partial charge in [0.2, 0.25) is 0 Å². The second-order valence-electron chi connectivity index (χ2n) is 5.91. The third kappa shape index (κ3) is 3.26. The maximum absolute atomic E-state index is 12.6. The Hall–Kier alpha value is -2.61. The number of amides is 1. The third-order valence-electron chi connectivity index (χ3n) is 4.38. The standard InChI is InChI=1S/C21H21NO/c1-3-15(2)16-11-13-18(14-12-16)22-21(23)20-10-6-8-17-7-4-5-9-19(17)20/h4-15H,3H2,1-2H3,(H,22,23)/t15-/m0/s1. The molecule has 0 saturated heterocycles. The van der Waals surface area contributed by atoms with Crippen LogP contribution in [0.2, 0.25) is 0 Å². The highest BCUT2D eigenvalue weighted by Gasteiger charge is 2.10. The summed E-state index contributed by atoms with van der Waals surface area (Å²) in [7, 11) is 0. The summed E-state index contributed by atoms with van der Waals surface area (Å²) in [5.74, 6) is 0.468. The molecule has 0 saturated carbocycles. The Morgan fingerprint density at radius 1 is 0.957 bits per heavy atom. The number of nitrogens with one attached hydrogen (secondary N) is 1. The van der Waals surface area contributed by atoms with E-state index in [0.29, 0.717) is 11.5 Å². The number of rotatable bonds is 4. The molecule has 0 aromatic heterocycles. The highest BCUT2D eigenvalue weighted by Crippen LogP contribution is 2.22. The van der Waals surface area contributed by atoms with Crippen molar-refractivity contribution in [2.24, 2.45) is 0 Å². The lowest BCUT2D eigenvalue weighted by Crippen LogP contribution is -2.12. The maximum Gasteiger partial charge on any atom is 0.256 e.